The van der Waals surface area contributed by atoms with Crippen LogP contribution in [0.15, 0.2) is 30.3 Å². The molecule has 1 aromatic heterocycles. The van der Waals surface area contributed by atoms with Crippen LogP contribution >= 0.6 is 11.3 Å². The molecule has 5 heteroatoms. The summed E-state index contributed by atoms with van der Waals surface area (Å²) < 4.78 is 6.84. The van der Waals surface area contributed by atoms with Crippen molar-refractivity contribution in [3.05, 3.63) is 52.6 Å². The van der Waals surface area contributed by atoms with Gasteiger partial charge in [0.2, 0.25) is 0 Å². The van der Waals surface area contributed by atoms with Crippen LogP contribution in [0.3, 0.4) is 0 Å². The maximum atomic E-state index is 12.2. The topological polar surface area (TPSA) is 51.2 Å². The Morgan fingerprint density at radius 2 is 1.92 bits per heavy atom. The Balaban J connectivity index is 1.68. The second-order valence-electron chi connectivity index (χ2n) is 6.16. The minimum absolute atomic E-state index is 0.0265. The number of carbonyl (C=O) groups is 1. The fourth-order valence-electron chi connectivity index (χ4n) is 2.68. The molecule has 0 radical (unpaired) electrons. The molecule has 1 N–H and O–H groups in total. The number of carbonyl (C=O) groups excluding carboxylic acids is 1. The zero-order valence-corrected chi connectivity index (χ0v) is 15.8. The van der Waals surface area contributed by atoms with E-state index in [1.807, 2.05) is 32.9 Å². The summed E-state index contributed by atoms with van der Waals surface area (Å²) in [5, 5.41) is 3.44. The third-order valence-electron chi connectivity index (χ3n) is 4.33. The second kappa shape index (κ2) is 7.23. The lowest BCUT2D eigenvalue weighted by atomic mass is 10.1. The van der Waals surface area contributed by atoms with E-state index in [0.29, 0.717) is 5.13 Å². The first-order valence-corrected chi connectivity index (χ1v) is 9.18. The first-order chi connectivity index (χ1) is 12.0. The number of nitrogens with one attached hydrogen (secondary N) is 1. The molecular weight excluding hydrogens is 332 g/mol. The van der Waals surface area contributed by atoms with Crippen LogP contribution in [0, 0.1) is 20.8 Å². The lowest BCUT2D eigenvalue weighted by Crippen LogP contribution is -2.20. The second-order valence-corrected chi connectivity index (χ2v) is 7.20. The first-order valence-electron chi connectivity index (χ1n) is 8.37. The minimum Gasteiger partial charge on any atom is -0.483 e. The van der Waals surface area contributed by atoms with E-state index in [9.17, 15) is 4.79 Å². The number of thiazole rings is 1. The fourth-order valence-corrected chi connectivity index (χ4v) is 3.63. The molecule has 0 aliphatic rings. The fraction of sp³-hybridized carbons (Fsp3) is 0.300. The summed E-state index contributed by atoms with van der Waals surface area (Å²) in [6, 6.07) is 10.3. The number of benzene rings is 2. The maximum Gasteiger partial charge on any atom is 0.264 e. The van der Waals surface area contributed by atoms with Gasteiger partial charge in [-0.3, -0.25) is 10.1 Å². The smallest absolute Gasteiger partial charge is 0.264 e. The number of aryl methyl sites for hydroxylation is 3. The summed E-state index contributed by atoms with van der Waals surface area (Å²) >= 11 is 1.49. The van der Waals surface area contributed by atoms with Crippen molar-refractivity contribution in [2.24, 2.45) is 0 Å². The highest BCUT2D eigenvalue weighted by molar-refractivity contribution is 7.22. The highest BCUT2D eigenvalue weighted by Gasteiger charge is 2.11. The molecule has 1 heterocycles. The molecule has 0 atom stereocenters. The Morgan fingerprint density at radius 1 is 1.16 bits per heavy atom. The first kappa shape index (κ1) is 17.4. The average Bonchev–Trinajstić information content (AvgIpc) is 2.99. The van der Waals surface area contributed by atoms with Gasteiger partial charge in [0.1, 0.15) is 5.75 Å². The van der Waals surface area contributed by atoms with E-state index in [-0.39, 0.29) is 12.5 Å². The predicted octanol–water partition coefficient (Wildman–Crippen LogP) is 4.80. The highest BCUT2D eigenvalue weighted by Crippen LogP contribution is 2.28. The molecule has 3 rings (SSSR count). The Morgan fingerprint density at radius 3 is 2.68 bits per heavy atom. The monoisotopic (exact) mass is 354 g/mol. The van der Waals surface area contributed by atoms with E-state index in [1.54, 1.807) is 0 Å². The van der Waals surface area contributed by atoms with Crippen LogP contribution in [-0.4, -0.2) is 17.5 Å². The van der Waals surface area contributed by atoms with Gasteiger partial charge in [0, 0.05) is 0 Å². The van der Waals surface area contributed by atoms with Gasteiger partial charge in [0.05, 0.1) is 10.2 Å². The SMILES string of the molecule is CCc1ccc2nc(NC(=O)COc3c(C)ccc(C)c3C)sc2c1. The number of rotatable bonds is 5. The van der Waals surface area contributed by atoms with Crippen LogP contribution in [0.5, 0.6) is 5.75 Å². The van der Waals surface area contributed by atoms with Crippen LogP contribution in [-0.2, 0) is 11.2 Å². The van der Waals surface area contributed by atoms with Crippen LogP contribution < -0.4 is 10.1 Å². The Bertz CT molecular complexity index is 931. The van der Waals surface area contributed by atoms with Crippen LogP contribution in [0.25, 0.3) is 10.2 Å². The summed E-state index contributed by atoms with van der Waals surface area (Å²) in [6.07, 6.45) is 0.985. The molecule has 0 bridgehead atoms. The van der Waals surface area contributed by atoms with Crippen molar-refractivity contribution < 1.29 is 9.53 Å². The van der Waals surface area contributed by atoms with Gasteiger partial charge in [0.15, 0.2) is 11.7 Å². The van der Waals surface area contributed by atoms with E-state index >= 15 is 0 Å². The molecule has 0 aliphatic heterocycles. The molecule has 130 valence electrons. The third kappa shape index (κ3) is 3.82. The standard InChI is InChI=1S/C20H22N2O2S/c1-5-15-8-9-16-17(10-15)25-20(21-16)22-18(23)11-24-19-13(3)7-6-12(2)14(19)4/h6-10H,5,11H2,1-4H3,(H,21,22,23). The van der Waals surface area contributed by atoms with E-state index in [4.69, 9.17) is 4.74 Å². The number of anilines is 1. The Labute approximate surface area is 151 Å². The molecule has 2 aromatic carbocycles. The Kier molecular flexibility index (Phi) is 5.04. The van der Waals surface area contributed by atoms with Crippen molar-refractivity contribution in [2.45, 2.75) is 34.1 Å². The van der Waals surface area contributed by atoms with Gasteiger partial charge in [0.25, 0.3) is 5.91 Å². The summed E-state index contributed by atoms with van der Waals surface area (Å²) in [7, 11) is 0. The molecule has 25 heavy (non-hydrogen) atoms. The molecule has 0 saturated carbocycles. The number of nitrogens with zero attached hydrogens (tertiary/aromatic N) is 1. The molecular formula is C20H22N2O2S. The van der Waals surface area contributed by atoms with Crippen molar-refractivity contribution in [1.82, 2.24) is 4.98 Å². The average molecular weight is 354 g/mol. The lowest BCUT2D eigenvalue weighted by Gasteiger charge is -2.13. The molecule has 0 saturated heterocycles. The van der Waals surface area contributed by atoms with Gasteiger partial charge in [-0.1, -0.05) is 36.5 Å². The predicted molar refractivity (Wildman–Crippen MR) is 104 cm³/mol. The third-order valence-corrected chi connectivity index (χ3v) is 5.26. The normalized spacial score (nSPS) is 10.9. The molecule has 0 fully saturated rings. The quantitative estimate of drug-likeness (QED) is 0.716. The summed E-state index contributed by atoms with van der Waals surface area (Å²) in [6.45, 7) is 8.12. The summed E-state index contributed by atoms with van der Waals surface area (Å²) in [5.74, 6) is 0.585. The van der Waals surface area contributed by atoms with Gasteiger partial charge in [-0.2, -0.15) is 0 Å². The van der Waals surface area contributed by atoms with Gasteiger partial charge < -0.3 is 4.74 Å². The number of aromatic nitrogens is 1. The molecule has 3 aromatic rings. The van der Waals surface area contributed by atoms with Crippen molar-refractivity contribution in [2.75, 3.05) is 11.9 Å². The van der Waals surface area contributed by atoms with E-state index in [1.165, 1.54) is 16.9 Å². The van der Waals surface area contributed by atoms with Crippen molar-refractivity contribution >= 4 is 32.6 Å². The molecule has 4 nitrogen and oxygen atoms in total. The van der Waals surface area contributed by atoms with Gasteiger partial charge in [-0.25, -0.2) is 4.98 Å². The van der Waals surface area contributed by atoms with E-state index in [0.717, 1.165) is 39.1 Å². The van der Waals surface area contributed by atoms with Gasteiger partial charge in [-0.05, 0) is 61.6 Å². The van der Waals surface area contributed by atoms with Crippen molar-refractivity contribution in [3.8, 4) is 5.75 Å². The lowest BCUT2D eigenvalue weighted by molar-refractivity contribution is -0.118. The maximum absolute atomic E-state index is 12.2. The number of fused-ring (bicyclic) bond motifs is 1. The summed E-state index contributed by atoms with van der Waals surface area (Å²) in [5.41, 5.74) is 5.42. The van der Waals surface area contributed by atoms with E-state index < -0.39 is 0 Å². The number of hydrogen-bond donors (Lipinski definition) is 1. The highest BCUT2D eigenvalue weighted by atomic mass is 32.1. The largest absolute Gasteiger partial charge is 0.483 e. The summed E-state index contributed by atoms with van der Waals surface area (Å²) in [4.78, 5) is 16.7. The van der Waals surface area contributed by atoms with E-state index in [2.05, 4.69) is 35.4 Å². The Hall–Kier alpha value is -2.40. The zero-order chi connectivity index (χ0) is 18.0. The number of amides is 1. The minimum atomic E-state index is -0.199. The van der Waals surface area contributed by atoms with Crippen LogP contribution in [0.2, 0.25) is 0 Å². The molecule has 1 amide bonds. The van der Waals surface area contributed by atoms with Crippen molar-refractivity contribution in [1.29, 1.82) is 0 Å². The molecule has 0 unspecified atom stereocenters. The van der Waals surface area contributed by atoms with Crippen LogP contribution in [0.4, 0.5) is 5.13 Å². The van der Waals surface area contributed by atoms with Crippen molar-refractivity contribution in [3.63, 3.8) is 0 Å². The van der Waals surface area contributed by atoms with Gasteiger partial charge >= 0.3 is 0 Å². The van der Waals surface area contributed by atoms with Gasteiger partial charge in [-0.15, -0.1) is 0 Å². The zero-order valence-electron chi connectivity index (χ0n) is 15.0. The number of ether oxygens (including phenoxy) is 1. The number of hydrogen-bond acceptors (Lipinski definition) is 4. The van der Waals surface area contributed by atoms with Crippen LogP contribution in [0.1, 0.15) is 29.2 Å². The molecule has 0 spiro atoms. The molecule has 0 aliphatic carbocycles.